The first-order valence-electron chi connectivity index (χ1n) is 15.6. The number of aromatic nitrogens is 3. The van der Waals surface area contributed by atoms with Crippen LogP contribution in [0.4, 0.5) is 20.3 Å². The number of benzene rings is 2. The zero-order valence-electron chi connectivity index (χ0n) is 26.8. The van der Waals surface area contributed by atoms with Gasteiger partial charge in [-0.2, -0.15) is 8.78 Å². The summed E-state index contributed by atoms with van der Waals surface area (Å²) < 4.78 is 32.3. The molecule has 0 radical (unpaired) electrons. The Bertz CT molecular complexity index is 1680. The molecule has 10 nitrogen and oxygen atoms in total. The number of aliphatic carboxylic acids is 1. The molecule has 0 aliphatic carbocycles. The normalized spacial score (nSPS) is 17.7. The number of anilines is 2. The van der Waals surface area contributed by atoms with E-state index in [0.29, 0.717) is 35.9 Å². The number of alkyl halides is 2. The van der Waals surface area contributed by atoms with Crippen molar-refractivity contribution in [3.05, 3.63) is 72.2 Å². The molecule has 1 aliphatic rings. The number of carbonyl (C=O) groups excluding carboxylic acids is 2. The quantitative estimate of drug-likeness (QED) is 0.192. The second-order valence-corrected chi connectivity index (χ2v) is 12.4. The molecule has 4 aromatic rings. The molecule has 1 fully saturated rings. The maximum atomic E-state index is 13.3. The van der Waals surface area contributed by atoms with Crippen LogP contribution in [0, 0.1) is 12.8 Å². The van der Waals surface area contributed by atoms with Gasteiger partial charge in [0.1, 0.15) is 5.75 Å². The number of amides is 1. The summed E-state index contributed by atoms with van der Waals surface area (Å²) in [6, 6.07) is 12.0. The number of piperidine rings is 1. The van der Waals surface area contributed by atoms with Crippen LogP contribution < -0.4 is 15.2 Å². The highest BCUT2D eigenvalue weighted by atomic mass is 35.5. The first-order valence-corrected chi connectivity index (χ1v) is 15.6. The smallest absolute Gasteiger partial charge is 0.387 e. The molecule has 3 heterocycles. The van der Waals surface area contributed by atoms with Crippen LogP contribution in [0.2, 0.25) is 0 Å². The Labute approximate surface area is 279 Å². The Morgan fingerprint density at radius 1 is 1.15 bits per heavy atom. The number of hydrogen-bond donors (Lipinski definition) is 1. The van der Waals surface area contributed by atoms with E-state index in [1.54, 1.807) is 35.6 Å². The van der Waals surface area contributed by atoms with Gasteiger partial charge in [-0.05, 0) is 86.6 Å². The van der Waals surface area contributed by atoms with Crippen LogP contribution in [0.5, 0.6) is 5.75 Å². The van der Waals surface area contributed by atoms with Crippen LogP contribution in [0.15, 0.2) is 61.1 Å². The van der Waals surface area contributed by atoms with Crippen molar-refractivity contribution in [2.45, 2.75) is 45.6 Å². The number of halogens is 3. The molecular weight excluding hydrogens is 630 g/mol. The second kappa shape index (κ2) is 15.5. The van der Waals surface area contributed by atoms with Crippen molar-refractivity contribution in [2.75, 3.05) is 45.6 Å². The number of quaternary nitrogens is 1. The predicted molar refractivity (Wildman–Crippen MR) is 176 cm³/mol. The van der Waals surface area contributed by atoms with Gasteiger partial charge in [0.05, 0.1) is 38.6 Å². The molecule has 1 N–H and O–H groups in total. The van der Waals surface area contributed by atoms with Gasteiger partial charge in [-0.3, -0.25) is 9.20 Å². The Morgan fingerprint density at radius 3 is 2.53 bits per heavy atom. The largest absolute Gasteiger partial charge is 0.550 e. The molecule has 5 rings (SSSR count). The maximum absolute atomic E-state index is 13.3. The van der Waals surface area contributed by atoms with Crippen LogP contribution >= 0.6 is 12.4 Å². The summed E-state index contributed by atoms with van der Waals surface area (Å²) in [4.78, 5) is 34.9. The molecule has 13 heteroatoms. The number of nitrogens with one attached hydrogen (secondary N) is 1. The molecule has 0 saturated carbocycles. The van der Waals surface area contributed by atoms with Crippen LogP contribution in [0.25, 0.3) is 16.9 Å². The van der Waals surface area contributed by atoms with Gasteiger partial charge in [0.15, 0.2) is 11.5 Å². The van der Waals surface area contributed by atoms with Crippen molar-refractivity contribution in [2.24, 2.45) is 5.92 Å². The molecular formula is C34H41ClF2N6O4. The summed E-state index contributed by atoms with van der Waals surface area (Å²) >= 11 is 0. The third kappa shape index (κ3) is 8.95. The lowest BCUT2D eigenvalue weighted by Gasteiger charge is -2.41. The third-order valence-corrected chi connectivity index (χ3v) is 8.98. The number of carboxylic acid groups (broad SMARTS) is 1. The van der Waals surface area contributed by atoms with Gasteiger partial charge in [-0.1, -0.05) is 0 Å². The van der Waals surface area contributed by atoms with Crippen molar-refractivity contribution >= 4 is 41.4 Å². The average molecular weight is 671 g/mol. The molecule has 2 aromatic carbocycles. The van der Waals surface area contributed by atoms with E-state index in [2.05, 4.69) is 27.1 Å². The summed E-state index contributed by atoms with van der Waals surface area (Å²) in [6.45, 7) is 2.61. The molecule has 0 bridgehead atoms. The highest BCUT2D eigenvalue weighted by Gasteiger charge is 2.30. The predicted octanol–water partition coefficient (Wildman–Crippen LogP) is 5.32. The number of imidazole rings is 1. The fourth-order valence-electron chi connectivity index (χ4n) is 6.19. The Morgan fingerprint density at radius 2 is 1.87 bits per heavy atom. The summed E-state index contributed by atoms with van der Waals surface area (Å²) in [5, 5.41) is 14.1. The number of carboxylic acids is 1. The molecule has 0 unspecified atom stereocenters. The van der Waals surface area contributed by atoms with Crippen molar-refractivity contribution in [3.63, 3.8) is 0 Å². The molecule has 1 amide bonds. The van der Waals surface area contributed by atoms with Gasteiger partial charge < -0.3 is 29.3 Å². The highest BCUT2D eigenvalue weighted by Crippen LogP contribution is 2.29. The van der Waals surface area contributed by atoms with Gasteiger partial charge >= 0.3 is 6.61 Å². The number of ether oxygens (including phenoxy) is 1. The van der Waals surface area contributed by atoms with Gasteiger partial charge in [0, 0.05) is 55.2 Å². The first kappa shape index (κ1) is 35.6. The number of likely N-dealkylation sites (tertiary alicyclic amines) is 1. The fraction of sp³-hybridized carbons (Fsp3) is 0.412. The lowest BCUT2D eigenvalue weighted by molar-refractivity contribution is -0.915. The van der Waals surface area contributed by atoms with Crippen molar-refractivity contribution in [1.82, 2.24) is 19.3 Å². The van der Waals surface area contributed by atoms with E-state index in [1.807, 2.05) is 36.6 Å². The molecule has 252 valence electrons. The number of hydrogen-bond acceptors (Lipinski definition) is 7. The van der Waals surface area contributed by atoms with Gasteiger partial charge in [-0.25, -0.2) is 9.97 Å². The number of fused-ring (bicyclic) bond motifs is 1. The van der Waals surface area contributed by atoms with Gasteiger partial charge in [-0.15, -0.1) is 12.4 Å². The molecule has 0 spiro atoms. The van der Waals surface area contributed by atoms with E-state index in [9.17, 15) is 23.5 Å². The van der Waals surface area contributed by atoms with Crippen LogP contribution in [0.3, 0.4) is 0 Å². The van der Waals surface area contributed by atoms with E-state index in [-0.39, 0.29) is 30.5 Å². The summed E-state index contributed by atoms with van der Waals surface area (Å²) in [7, 11) is 4.04. The van der Waals surface area contributed by atoms with E-state index >= 15 is 0 Å². The Kier molecular flexibility index (Phi) is 11.8. The number of nitrogens with zero attached hydrogens (tertiary/aromatic N) is 5. The fourth-order valence-corrected chi connectivity index (χ4v) is 6.19. The molecule has 47 heavy (non-hydrogen) atoms. The van der Waals surface area contributed by atoms with Crippen LogP contribution in [0.1, 0.15) is 48.0 Å². The van der Waals surface area contributed by atoms with E-state index in [1.165, 1.54) is 12.1 Å². The standard InChI is InChI=1S/C34H40F2N6O4.ClH/c1-23-21-26(39-31-32-38-22-29(41(32)17-15-37-31)25-6-9-27(10-7-25)46-34(35)36)8-11-28(23)33(45)40(2)16-12-24-13-19-42(3,20-14-24)18-4-5-30(43)44;/h6-11,15,17,21-22,24,34H,4-5,12-14,16,18-20H2,1-3H3,(H-,37,39,43,44,45);1H. The van der Waals surface area contributed by atoms with Crippen molar-refractivity contribution in [1.29, 1.82) is 0 Å². The van der Waals surface area contributed by atoms with Crippen LogP contribution in [-0.2, 0) is 4.79 Å². The third-order valence-electron chi connectivity index (χ3n) is 8.98. The zero-order chi connectivity index (χ0) is 32.8. The number of carbonyl (C=O) groups is 2. The minimum atomic E-state index is -2.88. The monoisotopic (exact) mass is 670 g/mol. The van der Waals surface area contributed by atoms with Crippen LogP contribution in [-0.4, -0.2) is 82.5 Å². The minimum Gasteiger partial charge on any atom is -0.550 e. The number of rotatable bonds is 13. The van der Waals surface area contributed by atoms with E-state index in [4.69, 9.17) is 0 Å². The first-order chi connectivity index (χ1) is 22.0. The minimum absolute atomic E-state index is 0. The SMILES string of the molecule is Cc1cc(Nc2nccn3c(-c4ccc(OC(F)F)cc4)cnc23)ccc1C(=O)N(C)CCC1CC[N+](C)(CCCC(=O)[O-])CC1.Cl. The average Bonchev–Trinajstić information content (AvgIpc) is 3.46. The maximum Gasteiger partial charge on any atom is 0.387 e. The molecule has 2 aromatic heterocycles. The second-order valence-electron chi connectivity index (χ2n) is 12.4. The molecule has 1 saturated heterocycles. The Hall–Kier alpha value is -4.29. The lowest BCUT2D eigenvalue weighted by Crippen LogP contribution is -2.50. The Balaban J connectivity index is 0.00000500. The van der Waals surface area contributed by atoms with Gasteiger partial charge in [0.2, 0.25) is 0 Å². The summed E-state index contributed by atoms with van der Waals surface area (Å²) in [5.74, 6) is 0.154. The zero-order valence-corrected chi connectivity index (χ0v) is 27.6. The topological polar surface area (TPSA) is 112 Å². The molecule has 1 aliphatic heterocycles. The van der Waals surface area contributed by atoms with E-state index in [0.717, 1.165) is 65.9 Å². The van der Waals surface area contributed by atoms with Crippen molar-refractivity contribution < 1.29 is 32.7 Å². The van der Waals surface area contributed by atoms with E-state index < -0.39 is 12.6 Å². The highest BCUT2D eigenvalue weighted by molar-refractivity contribution is 5.96. The summed E-state index contributed by atoms with van der Waals surface area (Å²) in [5.41, 5.74) is 4.37. The molecule has 0 atom stereocenters. The number of aryl methyl sites for hydroxylation is 1. The van der Waals surface area contributed by atoms with Crippen molar-refractivity contribution in [3.8, 4) is 17.0 Å². The lowest BCUT2D eigenvalue weighted by atomic mass is 9.91. The van der Waals surface area contributed by atoms with Gasteiger partial charge in [0.25, 0.3) is 5.91 Å². The summed E-state index contributed by atoms with van der Waals surface area (Å²) in [6.07, 6.45) is 8.97.